The molecular formula is C14H20ClNO2. The van der Waals surface area contributed by atoms with Crippen molar-refractivity contribution in [2.24, 2.45) is 0 Å². The van der Waals surface area contributed by atoms with Crippen LogP contribution >= 0.6 is 11.6 Å². The molecule has 1 aliphatic rings. The molecule has 1 aliphatic heterocycles. The SMILES string of the molecule is CC(O)CC1CCCN1Cc1cccc(Cl)c1O. The monoisotopic (exact) mass is 269 g/mol. The van der Waals surface area contributed by atoms with Crippen LogP contribution in [0.25, 0.3) is 0 Å². The fourth-order valence-electron chi connectivity index (χ4n) is 2.67. The fourth-order valence-corrected chi connectivity index (χ4v) is 2.86. The zero-order valence-corrected chi connectivity index (χ0v) is 11.4. The molecule has 2 rings (SSSR count). The fraction of sp³-hybridized carbons (Fsp3) is 0.571. The number of phenols is 1. The number of aliphatic hydroxyl groups excluding tert-OH is 1. The molecule has 0 aromatic heterocycles. The zero-order valence-electron chi connectivity index (χ0n) is 10.6. The molecule has 1 saturated heterocycles. The van der Waals surface area contributed by atoms with Gasteiger partial charge in [0, 0.05) is 18.2 Å². The Hall–Kier alpha value is -0.770. The summed E-state index contributed by atoms with van der Waals surface area (Å²) in [4.78, 5) is 2.32. The van der Waals surface area contributed by atoms with E-state index in [1.165, 1.54) is 0 Å². The Kier molecular flexibility index (Phi) is 4.49. The molecule has 2 atom stereocenters. The van der Waals surface area contributed by atoms with Gasteiger partial charge < -0.3 is 10.2 Å². The summed E-state index contributed by atoms with van der Waals surface area (Å²) in [5, 5.41) is 19.8. The average molecular weight is 270 g/mol. The number of para-hydroxylation sites is 1. The average Bonchev–Trinajstić information content (AvgIpc) is 2.72. The van der Waals surface area contributed by atoms with Crippen LogP contribution in [0.4, 0.5) is 0 Å². The molecule has 0 radical (unpaired) electrons. The number of rotatable bonds is 4. The van der Waals surface area contributed by atoms with E-state index < -0.39 is 0 Å². The summed E-state index contributed by atoms with van der Waals surface area (Å²) in [6.45, 7) is 3.54. The van der Waals surface area contributed by atoms with E-state index in [0.29, 0.717) is 17.6 Å². The molecular weight excluding hydrogens is 250 g/mol. The smallest absolute Gasteiger partial charge is 0.138 e. The molecule has 2 unspecified atom stereocenters. The minimum atomic E-state index is -0.274. The van der Waals surface area contributed by atoms with E-state index >= 15 is 0 Å². The Labute approximate surface area is 113 Å². The van der Waals surface area contributed by atoms with E-state index in [1.54, 1.807) is 6.07 Å². The molecule has 0 bridgehead atoms. The predicted octanol–water partition coefficient (Wildman–Crippen LogP) is 2.78. The number of aromatic hydroxyl groups is 1. The lowest BCUT2D eigenvalue weighted by Gasteiger charge is -2.25. The van der Waals surface area contributed by atoms with Gasteiger partial charge in [0.05, 0.1) is 11.1 Å². The maximum absolute atomic E-state index is 9.92. The van der Waals surface area contributed by atoms with E-state index in [9.17, 15) is 10.2 Å². The lowest BCUT2D eigenvalue weighted by Crippen LogP contribution is -2.31. The van der Waals surface area contributed by atoms with Crippen LogP contribution in [-0.4, -0.2) is 33.8 Å². The standard InChI is InChI=1S/C14H20ClNO2/c1-10(17)8-12-5-3-7-16(12)9-11-4-2-6-13(15)14(11)18/h2,4,6,10,12,17-18H,3,5,7-9H2,1H3. The van der Waals surface area contributed by atoms with Gasteiger partial charge in [-0.2, -0.15) is 0 Å². The van der Waals surface area contributed by atoms with Crippen molar-refractivity contribution in [1.82, 2.24) is 4.90 Å². The van der Waals surface area contributed by atoms with Gasteiger partial charge in [-0.1, -0.05) is 23.7 Å². The van der Waals surface area contributed by atoms with Crippen LogP contribution in [0.15, 0.2) is 18.2 Å². The van der Waals surface area contributed by atoms with Gasteiger partial charge >= 0.3 is 0 Å². The second-order valence-corrected chi connectivity index (χ2v) is 5.51. The summed E-state index contributed by atoms with van der Waals surface area (Å²) in [5.41, 5.74) is 0.861. The number of hydrogen-bond donors (Lipinski definition) is 2. The second-order valence-electron chi connectivity index (χ2n) is 5.10. The highest BCUT2D eigenvalue weighted by atomic mass is 35.5. The van der Waals surface area contributed by atoms with Crippen molar-refractivity contribution in [2.75, 3.05) is 6.54 Å². The highest BCUT2D eigenvalue weighted by Gasteiger charge is 2.26. The lowest BCUT2D eigenvalue weighted by molar-refractivity contribution is 0.130. The van der Waals surface area contributed by atoms with Gasteiger partial charge in [0.15, 0.2) is 0 Å². The topological polar surface area (TPSA) is 43.7 Å². The van der Waals surface area contributed by atoms with E-state index in [4.69, 9.17) is 11.6 Å². The van der Waals surface area contributed by atoms with Crippen LogP contribution in [0.5, 0.6) is 5.75 Å². The Bertz CT molecular complexity index is 409. The first-order valence-electron chi connectivity index (χ1n) is 6.46. The molecule has 4 heteroatoms. The van der Waals surface area contributed by atoms with Gasteiger partial charge in [0.1, 0.15) is 5.75 Å². The number of phenolic OH excluding ortho intramolecular Hbond substituents is 1. The normalized spacial score (nSPS) is 22.3. The van der Waals surface area contributed by atoms with Crippen molar-refractivity contribution >= 4 is 11.6 Å². The first kappa shape index (κ1) is 13.7. The number of hydrogen-bond acceptors (Lipinski definition) is 3. The third-order valence-corrected chi connectivity index (χ3v) is 3.86. The van der Waals surface area contributed by atoms with Crippen LogP contribution in [0, 0.1) is 0 Å². The van der Waals surface area contributed by atoms with Crippen molar-refractivity contribution in [3.63, 3.8) is 0 Å². The highest BCUT2D eigenvalue weighted by molar-refractivity contribution is 6.32. The van der Waals surface area contributed by atoms with Crippen molar-refractivity contribution in [1.29, 1.82) is 0 Å². The summed E-state index contributed by atoms with van der Waals surface area (Å²) in [6.07, 6.45) is 2.79. The molecule has 2 N–H and O–H groups in total. The van der Waals surface area contributed by atoms with Crippen LogP contribution in [0.1, 0.15) is 31.7 Å². The van der Waals surface area contributed by atoms with E-state index in [1.807, 2.05) is 19.1 Å². The Morgan fingerprint density at radius 2 is 2.28 bits per heavy atom. The van der Waals surface area contributed by atoms with E-state index in [2.05, 4.69) is 4.90 Å². The van der Waals surface area contributed by atoms with Gasteiger partial charge in [0.2, 0.25) is 0 Å². The highest BCUT2D eigenvalue weighted by Crippen LogP contribution is 2.30. The molecule has 18 heavy (non-hydrogen) atoms. The second kappa shape index (κ2) is 5.91. The van der Waals surface area contributed by atoms with Crippen molar-refractivity contribution in [3.05, 3.63) is 28.8 Å². The van der Waals surface area contributed by atoms with Crippen LogP contribution in [-0.2, 0) is 6.54 Å². The van der Waals surface area contributed by atoms with E-state index in [-0.39, 0.29) is 11.9 Å². The quantitative estimate of drug-likeness (QED) is 0.883. The molecule has 1 heterocycles. The third kappa shape index (κ3) is 3.16. The number of aliphatic hydroxyl groups is 1. The van der Waals surface area contributed by atoms with Gasteiger partial charge in [-0.3, -0.25) is 4.90 Å². The summed E-state index contributed by atoms with van der Waals surface area (Å²) in [7, 11) is 0. The first-order chi connectivity index (χ1) is 8.58. The first-order valence-corrected chi connectivity index (χ1v) is 6.84. The molecule has 0 aliphatic carbocycles. The van der Waals surface area contributed by atoms with Crippen molar-refractivity contribution < 1.29 is 10.2 Å². The van der Waals surface area contributed by atoms with Crippen molar-refractivity contribution in [2.45, 2.75) is 44.9 Å². The summed E-state index contributed by atoms with van der Waals surface area (Å²) >= 11 is 5.91. The van der Waals surface area contributed by atoms with Crippen molar-refractivity contribution in [3.8, 4) is 5.75 Å². The molecule has 1 aromatic carbocycles. The maximum Gasteiger partial charge on any atom is 0.138 e. The summed E-state index contributed by atoms with van der Waals surface area (Å²) in [6, 6.07) is 5.86. The minimum Gasteiger partial charge on any atom is -0.506 e. The maximum atomic E-state index is 9.92. The molecule has 0 saturated carbocycles. The number of likely N-dealkylation sites (tertiary alicyclic amines) is 1. The Balaban J connectivity index is 2.06. The van der Waals surface area contributed by atoms with Crippen LogP contribution in [0.2, 0.25) is 5.02 Å². The van der Waals surface area contributed by atoms with Crippen LogP contribution < -0.4 is 0 Å². The van der Waals surface area contributed by atoms with Gasteiger partial charge in [0.25, 0.3) is 0 Å². The van der Waals surface area contributed by atoms with Gasteiger partial charge in [-0.25, -0.2) is 0 Å². The molecule has 1 fully saturated rings. The van der Waals surface area contributed by atoms with Gasteiger partial charge in [-0.05, 0) is 38.8 Å². The molecule has 0 amide bonds. The minimum absolute atomic E-state index is 0.182. The zero-order chi connectivity index (χ0) is 13.1. The molecule has 1 aromatic rings. The number of benzene rings is 1. The Morgan fingerprint density at radius 3 is 3.00 bits per heavy atom. The van der Waals surface area contributed by atoms with Crippen LogP contribution in [0.3, 0.4) is 0 Å². The van der Waals surface area contributed by atoms with Gasteiger partial charge in [-0.15, -0.1) is 0 Å². The largest absolute Gasteiger partial charge is 0.506 e. The third-order valence-electron chi connectivity index (χ3n) is 3.56. The van der Waals surface area contributed by atoms with E-state index in [0.717, 1.165) is 31.4 Å². The molecule has 3 nitrogen and oxygen atoms in total. The number of nitrogens with zero attached hydrogens (tertiary/aromatic N) is 1. The summed E-state index contributed by atoms with van der Waals surface area (Å²) < 4.78 is 0. The Morgan fingerprint density at radius 1 is 1.50 bits per heavy atom. The number of halogens is 1. The molecule has 0 spiro atoms. The predicted molar refractivity (Wildman–Crippen MR) is 72.8 cm³/mol. The lowest BCUT2D eigenvalue weighted by atomic mass is 10.1. The molecule has 100 valence electrons. The summed E-state index contributed by atoms with van der Waals surface area (Å²) in [5.74, 6) is 0.182.